The lowest BCUT2D eigenvalue weighted by Gasteiger charge is -2.51. The quantitative estimate of drug-likeness (QED) is 0.715. The number of nitrogens with one attached hydrogen (secondary N) is 1. The van der Waals surface area contributed by atoms with E-state index in [0.29, 0.717) is 11.6 Å². The molecule has 1 spiro atoms. The normalized spacial score (nSPS) is 30.2. The highest BCUT2D eigenvalue weighted by Crippen LogP contribution is 2.35. The molecule has 1 saturated heterocycles. The minimum atomic E-state index is 0.285. The Kier molecular flexibility index (Phi) is 2.85. The van der Waals surface area contributed by atoms with Gasteiger partial charge in [0.25, 0.3) is 0 Å². The molecule has 0 aromatic rings. The van der Waals surface area contributed by atoms with Crippen molar-refractivity contribution in [2.24, 2.45) is 0 Å². The van der Waals surface area contributed by atoms with Gasteiger partial charge < -0.3 is 5.32 Å². The Morgan fingerprint density at radius 3 is 2.20 bits per heavy atom. The maximum Gasteiger partial charge on any atom is 0.0314 e. The molecule has 0 atom stereocenters. The fourth-order valence-corrected chi connectivity index (χ4v) is 3.45. The second-order valence-corrected chi connectivity index (χ2v) is 6.50. The summed E-state index contributed by atoms with van der Waals surface area (Å²) in [5, 5.41) is 3.91. The fourth-order valence-electron chi connectivity index (χ4n) is 3.45. The van der Waals surface area contributed by atoms with Crippen LogP contribution in [-0.4, -0.2) is 35.1 Å². The summed E-state index contributed by atoms with van der Waals surface area (Å²) in [6.07, 6.45) is 5.57. The standard InChI is InChI=1S/C13H26N2/c1-11(2)15-9-12(3,4)14-13(10-15)7-5-6-8-13/h11,14H,5-10H2,1-4H3. The molecule has 1 N–H and O–H groups in total. The van der Waals surface area contributed by atoms with Crippen LogP contribution in [0.25, 0.3) is 0 Å². The minimum Gasteiger partial charge on any atom is -0.304 e. The predicted molar refractivity (Wildman–Crippen MR) is 65.1 cm³/mol. The largest absolute Gasteiger partial charge is 0.304 e. The van der Waals surface area contributed by atoms with Crippen LogP contribution in [0.4, 0.5) is 0 Å². The molecule has 2 rings (SSSR count). The Bertz CT molecular complexity index is 227. The zero-order valence-electron chi connectivity index (χ0n) is 10.8. The van der Waals surface area contributed by atoms with Gasteiger partial charge in [0.2, 0.25) is 0 Å². The molecule has 0 bridgehead atoms. The number of piperazine rings is 1. The number of rotatable bonds is 1. The highest BCUT2D eigenvalue weighted by molar-refractivity contribution is 5.05. The van der Waals surface area contributed by atoms with Gasteiger partial charge >= 0.3 is 0 Å². The van der Waals surface area contributed by atoms with Gasteiger partial charge in [-0.25, -0.2) is 0 Å². The molecule has 1 heterocycles. The Balaban J connectivity index is 2.14. The van der Waals surface area contributed by atoms with Crippen molar-refractivity contribution in [2.75, 3.05) is 13.1 Å². The number of hydrogen-bond donors (Lipinski definition) is 1. The van der Waals surface area contributed by atoms with E-state index >= 15 is 0 Å². The smallest absolute Gasteiger partial charge is 0.0314 e. The van der Waals surface area contributed by atoms with Gasteiger partial charge in [-0.3, -0.25) is 4.90 Å². The van der Waals surface area contributed by atoms with Gasteiger partial charge in [-0.2, -0.15) is 0 Å². The zero-order chi connectivity index (χ0) is 11.1. The molecule has 0 amide bonds. The summed E-state index contributed by atoms with van der Waals surface area (Å²) in [5.41, 5.74) is 0.721. The monoisotopic (exact) mass is 210 g/mol. The Morgan fingerprint density at radius 2 is 1.67 bits per heavy atom. The van der Waals surface area contributed by atoms with E-state index in [1.54, 1.807) is 0 Å². The molecule has 1 saturated carbocycles. The summed E-state index contributed by atoms with van der Waals surface area (Å²) in [6.45, 7) is 11.8. The summed E-state index contributed by atoms with van der Waals surface area (Å²) in [7, 11) is 0. The van der Waals surface area contributed by atoms with Crippen molar-refractivity contribution in [3.8, 4) is 0 Å². The second kappa shape index (κ2) is 3.74. The average Bonchev–Trinajstić information content (AvgIpc) is 2.49. The summed E-state index contributed by atoms with van der Waals surface area (Å²) >= 11 is 0. The van der Waals surface area contributed by atoms with Crippen LogP contribution in [0.2, 0.25) is 0 Å². The minimum absolute atomic E-state index is 0.285. The van der Waals surface area contributed by atoms with Crippen molar-refractivity contribution in [3.05, 3.63) is 0 Å². The van der Waals surface area contributed by atoms with Crippen molar-refractivity contribution < 1.29 is 0 Å². The van der Waals surface area contributed by atoms with Crippen molar-refractivity contribution in [1.82, 2.24) is 10.2 Å². The summed E-state index contributed by atoms with van der Waals surface area (Å²) in [5.74, 6) is 0. The maximum atomic E-state index is 3.91. The van der Waals surface area contributed by atoms with Crippen LogP contribution in [0.15, 0.2) is 0 Å². The van der Waals surface area contributed by atoms with Crippen LogP contribution in [0.3, 0.4) is 0 Å². The summed E-state index contributed by atoms with van der Waals surface area (Å²) in [4.78, 5) is 2.65. The van der Waals surface area contributed by atoms with Crippen LogP contribution >= 0.6 is 0 Å². The van der Waals surface area contributed by atoms with Crippen molar-refractivity contribution in [1.29, 1.82) is 0 Å². The maximum absolute atomic E-state index is 3.91. The van der Waals surface area contributed by atoms with Crippen molar-refractivity contribution >= 4 is 0 Å². The Morgan fingerprint density at radius 1 is 1.07 bits per heavy atom. The Hall–Kier alpha value is -0.0800. The molecule has 2 fully saturated rings. The molecule has 1 aliphatic heterocycles. The molecule has 0 radical (unpaired) electrons. The topological polar surface area (TPSA) is 15.3 Å². The Labute approximate surface area is 94.4 Å². The van der Waals surface area contributed by atoms with E-state index in [1.165, 1.54) is 38.8 Å². The third-order valence-electron chi connectivity index (χ3n) is 4.00. The average molecular weight is 210 g/mol. The van der Waals surface area contributed by atoms with Gasteiger partial charge in [0, 0.05) is 30.2 Å². The van der Waals surface area contributed by atoms with Gasteiger partial charge in [0.05, 0.1) is 0 Å². The van der Waals surface area contributed by atoms with E-state index < -0.39 is 0 Å². The van der Waals surface area contributed by atoms with E-state index in [-0.39, 0.29) is 5.54 Å². The molecule has 0 aromatic carbocycles. The SMILES string of the molecule is CC(C)N1CC(C)(C)NC2(CCCC2)C1. The van der Waals surface area contributed by atoms with Gasteiger partial charge in [0.1, 0.15) is 0 Å². The number of nitrogens with zero attached hydrogens (tertiary/aromatic N) is 1. The lowest BCUT2D eigenvalue weighted by atomic mass is 9.86. The van der Waals surface area contributed by atoms with E-state index in [0.717, 1.165) is 0 Å². The molecule has 2 heteroatoms. The third-order valence-corrected chi connectivity index (χ3v) is 4.00. The first kappa shape index (κ1) is 11.4. The van der Waals surface area contributed by atoms with Crippen LogP contribution in [0.5, 0.6) is 0 Å². The molecule has 0 unspecified atom stereocenters. The number of hydrogen-bond acceptors (Lipinski definition) is 2. The van der Waals surface area contributed by atoms with Crippen LogP contribution < -0.4 is 5.32 Å². The van der Waals surface area contributed by atoms with Crippen molar-refractivity contribution in [3.63, 3.8) is 0 Å². The van der Waals surface area contributed by atoms with Crippen LogP contribution in [0, 0.1) is 0 Å². The van der Waals surface area contributed by atoms with Gasteiger partial charge in [-0.05, 0) is 40.5 Å². The first-order chi connectivity index (χ1) is 6.93. The predicted octanol–water partition coefficient (Wildman–Crippen LogP) is 2.39. The third kappa shape index (κ3) is 2.36. The summed E-state index contributed by atoms with van der Waals surface area (Å²) in [6, 6.07) is 0.684. The highest BCUT2D eigenvalue weighted by Gasteiger charge is 2.44. The lowest BCUT2D eigenvalue weighted by molar-refractivity contribution is 0.0424. The van der Waals surface area contributed by atoms with Gasteiger partial charge in [0.15, 0.2) is 0 Å². The second-order valence-electron chi connectivity index (χ2n) is 6.50. The fraction of sp³-hybridized carbons (Fsp3) is 1.00. The first-order valence-corrected chi connectivity index (χ1v) is 6.46. The van der Waals surface area contributed by atoms with E-state index in [9.17, 15) is 0 Å². The van der Waals surface area contributed by atoms with Crippen LogP contribution in [-0.2, 0) is 0 Å². The molecule has 0 aromatic heterocycles. The van der Waals surface area contributed by atoms with Gasteiger partial charge in [-0.15, -0.1) is 0 Å². The van der Waals surface area contributed by atoms with E-state index in [1.807, 2.05) is 0 Å². The lowest BCUT2D eigenvalue weighted by Crippen LogP contribution is -2.69. The molecular formula is C13H26N2. The molecule has 1 aliphatic carbocycles. The molecule has 2 aliphatic rings. The van der Waals surface area contributed by atoms with E-state index in [4.69, 9.17) is 0 Å². The molecule has 15 heavy (non-hydrogen) atoms. The van der Waals surface area contributed by atoms with Crippen LogP contribution in [0.1, 0.15) is 53.4 Å². The zero-order valence-corrected chi connectivity index (χ0v) is 10.8. The summed E-state index contributed by atoms with van der Waals surface area (Å²) < 4.78 is 0. The van der Waals surface area contributed by atoms with Gasteiger partial charge in [-0.1, -0.05) is 12.8 Å². The molecular weight excluding hydrogens is 184 g/mol. The van der Waals surface area contributed by atoms with Crippen molar-refractivity contribution in [2.45, 2.75) is 70.5 Å². The van der Waals surface area contributed by atoms with E-state index in [2.05, 4.69) is 37.9 Å². The molecule has 88 valence electrons. The first-order valence-electron chi connectivity index (χ1n) is 6.46. The highest BCUT2D eigenvalue weighted by atomic mass is 15.3. The molecule has 2 nitrogen and oxygen atoms in total.